The largest absolute Gasteiger partial charge is 0.497 e. The number of benzene rings is 2. The second kappa shape index (κ2) is 11.2. The molecule has 0 unspecified atom stereocenters. The number of hydrogen-bond acceptors (Lipinski definition) is 6. The molecule has 4 aromatic rings. The van der Waals surface area contributed by atoms with Crippen LogP contribution in [0.1, 0.15) is 46.0 Å². The van der Waals surface area contributed by atoms with Gasteiger partial charge in [-0.2, -0.15) is 0 Å². The van der Waals surface area contributed by atoms with Crippen LogP contribution in [0.5, 0.6) is 5.75 Å². The van der Waals surface area contributed by atoms with E-state index in [0.29, 0.717) is 25.5 Å². The van der Waals surface area contributed by atoms with Crippen LogP contribution in [0.3, 0.4) is 0 Å². The molecule has 1 N–H and O–H groups in total. The molecule has 2 aromatic carbocycles. The third-order valence-corrected chi connectivity index (χ3v) is 5.65. The summed E-state index contributed by atoms with van der Waals surface area (Å²) in [5, 5.41) is 2.85. The summed E-state index contributed by atoms with van der Waals surface area (Å²) < 4.78 is 11.1. The number of methoxy groups -OCH3 is 1. The van der Waals surface area contributed by atoms with E-state index in [-0.39, 0.29) is 17.6 Å². The van der Waals surface area contributed by atoms with Crippen molar-refractivity contribution >= 4 is 5.91 Å². The molecule has 4 rings (SSSR count). The van der Waals surface area contributed by atoms with Gasteiger partial charge in [-0.25, -0.2) is 4.98 Å². The first-order chi connectivity index (χ1) is 16.6. The molecule has 0 fully saturated rings. The fourth-order valence-electron chi connectivity index (χ4n) is 3.71. The molecule has 1 amide bonds. The summed E-state index contributed by atoms with van der Waals surface area (Å²) in [6, 6.07) is 22.1. The topological polar surface area (TPSA) is 80.5 Å². The van der Waals surface area contributed by atoms with Gasteiger partial charge in [-0.1, -0.05) is 48.5 Å². The molecule has 0 spiro atoms. The van der Waals surface area contributed by atoms with E-state index < -0.39 is 0 Å². The van der Waals surface area contributed by atoms with Crippen LogP contribution >= 0.6 is 0 Å². The Morgan fingerprint density at radius 1 is 1.06 bits per heavy atom. The van der Waals surface area contributed by atoms with Gasteiger partial charge in [0.05, 0.1) is 13.7 Å². The zero-order chi connectivity index (χ0) is 23.8. The quantitative estimate of drug-likeness (QED) is 0.370. The number of rotatable bonds is 10. The lowest BCUT2D eigenvalue weighted by Gasteiger charge is -2.28. The molecule has 0 bridgehead atoms. The highest BCUT2D eigenvalue weighted by Gasteiger charge is 2.20. The fraction of sp³-hybridized carbons (Fsp3) is 0.222. The van der Waals surface area contributed by atoms with Crippen molar-refractivity contribution in [3.8, 4) is 5.75 Å². The second-order valence-electron chi connectivity index (χ2n) is 8.01. The lowest BCUT2D eigenvalue weighted by Crippen LogP contribution is -2.27. The van der Waals surface area contributed by atoms with Gasteiger partial charge in [0.25, 0.3) is 5.91 Å². The molecule has 7 nitrogen and oxygen atoms in total. The summed E-state index contributed by atoms with van der Waals surface area (Å²) in [6.07, 6.45) is 4.82. The Hall–Kier alpha value is -3.97. The molecule has 0 aliphatic carbocycles. The number of nitrogens with one attached hydrogen (secondary N) is 1. The first kappa shape index (κ1) is 23.2. The highest BCUT2D eigenvalue weighted by Crippen LogP contribution is 2.25. The van der Waals surface area contributed by atoms with Gasteiger partial charge in [-0.3, -0.25) is 14.7 Å². The average molecular weight is 457 g/mol. The van der Waals surface area contributed by atoms with Crippen molar-refractivity contribution in [2.75, 3.05) is 7.11 Å². The van der Waals surface area contributed by atoms with Crippen LogP contribution in [0.15, 0.2) is 89.8 Å². The predicted octanol–water partition coefficient (Wildman–Crippen LogP) is 4.77. The van der Waals surface area contributed by atoms with Gasteiger partial charge in [0.15, 0.2) is 5.69 Å². The maximum atomic E-state index is 12.6. The van der Waals surface area contributed by atoms with E-state index in [9.17, 15) is 4.79 Å². The van der Waals surface area contributed by atoms with Gasteiger partial charge >= 0.3 is 0 Å². The Morgan fingerprint density at radius 2 is 1.88 bits per heavy atom. The van der Waals surface area contributed by atoms with Crippen molar-refractivity contribution in [1.82, 2.24) is 20.2 Å². The highest BCUT2D eigenvalue weighted by atomic mass is 16.5. The van der Waals surface area contributed by atoms with Crippen molar-refractivity contribution in [1.29, 1.82) is 0 Å². The van der Waals surface area contributed by atoms with Crippen LogP contribution in [-0.2, 0) is 19.6 Å². The molecule has 0 aliphatic heterocycles. The molecule has 1 atom stereocenters. The second-order valence-corrected chi connectivity index (χ2v) is 8.01. The van der Waals surface area contributed by atoms with E-state index in [1.54, 1.807) is 19.5 Å². The third-order valence-electron chi connectivity index (χ3n) is 5.65. The van der Waals surface area contributed by atoms with Crippen LogP contribution in [0.4, 0.5) is 0 Å². The third kappa shape index (κ3) is 6.08. The molecule has 2 heterocycles. The Kier molecular flexibility index (Phi) is 7.67. The number of pyridine rings is 1. The van der Waals surface area contributed by atoms with E-state index in [2.05, 4.69) is 45.3 Å². The number of aromatic nitrogens is 2. The van der Waals surface area contributed by atoms with E-state index in [0.717, 1.165) is 16.9 Å². The first-order valence-electron chi connectivity index (χ1n) is 11.2. The Morgan fingerprint density at radius 3 is 2.65 bits per heavy atom. The van der Waals surface area contributed by atoms with Crippen LogP contribution in [0, 0.1) is 0 Å². The zero-order valence-electron chi connectivity index (χ0n) is 19.3. The van der Waals surface area contributed by atoms with E-state index in [1.807, 2.05) is 48.5 Å². The van der Waals surface area contributed by atoms with Crippen molar-refractivity contribution in [2.24, 2.45) is 0 Å². The van der Waals surface area contributed by atoms with Crippen molar-refractivity contribution in [3.05, 3.63) is 114 Å². The van der Waals surface area contributed by atoms with Gasteiger partial charge in [0, 0.05) is 31.5 Å². The minimum Gasteiger partial charge on any atom is -0.497 e. The molecule has 0 saturated heterocycles. The fourth-order valence-corrected chi connectivity index (χ4v) is 3.71. The average Bonchev–Trinajstić information content (AvgIpc) is 3.36. The minimum absolute atomic E-state index is 0.0992. The van der Waals surface area contributed by atoms with E-state index in [4.69, 9.17) is 9.15 Å². The zero-order valence-corrected chi connectivity index (χ0v) is 19.3. The molecule has 34 heavy (non-hydrogen) atoms. The lowest BCUT2D eigenvalue weighted by molar-refractivity contribution is 0.0945. The Balaban J connectivity index is 1.48. The summed E-state index contributed by atoms with van der Waals surface area (Å²) in [7, 11) is 1.66. The number of hydrogen-bond donors (Lipinski definition) is 1. The molecule has 0 aliphatic rings. The number of carbonyl (C=O) groups is 1. The SMILES string of the molecule is COc1cccc(CN(Cc2nc(C(=O)NCc3cccnc3)co2)[C@@H](C)c2ccccc2)c1. The van der Waals surface area contributed by atoms with Gasteiger partial charge in [0.2, 0.25) is 5.89 Å². The van der Waals surface area contributed by atoms with Gasteiger partial charge in [-0.15, -0.1) is 0 Å². The molecular weight excluding hydrogens is 428 g/mol. The molecule has 0 radical (unpaired) electrons. The minimum atomic E-state index is -0.283. The monoisotopic (exact) mass is 456 g/mol. The maximum absolute atomic E-state index is 12.6. The van der Waals surface area contributed by atoms with E-state index >= 15 is 0 Å². The Bertz CT molecular complexity index is 1190. The maximum Gasteiger partial charge on any atom is 0.273 e. The summed E-state index contributed by atoms with van der Waals surface area (Å²) in [6.45, 7) is 3.64. The van der Waals surface area contributed by atoms with E-state index in [1.165, 1.54) is 11.8 Å². The Labute approximate surface area is 199 Å². The summed E-state index contributed by atoms with van der Waals surface area (Å²) in [5.41, 5.74) is 3.47. The highest BCUT2D eigenvalue weighted by molar-refractivity contribution is 5.91. The van der Waals surface area contributed by atoms with Crippen LogP contribution in [-0.4, -0.2) is 27.9 Å². The van der Waals surface area contributed by atoms with Crippen LogP contribution in [0.2, 0.25) is 0 Å². The summed E-state index contributed by atoms with van der Waals surface area (Å²) in [4.78, 5) is 23.3. The van der Waals surface area contributed by atoms with Gasteiger partial charge in [0.1, 0.15) is 12.0 Å². The van der Waals surface area contributed by atoms with Crippen LogP contribution < -0.4 is 10.1 Å². The lowest BCUT2D eigenvalue weighted by atomic mass is 10.1. The number of nitrogens with zero attached hydrogens (tertiary/aromatic N) is 3. The number of oxazole rings is 1. The molecule has 174 valence electrons. The van der Waals surface area contributed by atoms with Crippen molar-refractivity contribution in [3.63, 3.8) is 0 Å². The van der Waals surface area contributed by atoms with Crippen molar-refractivity contribution < 1.29 is 13.9 Å². The van der Waals surface area contributed by atoms with Gasteiger partial charge < -0.3 is 14.5 Å². The summed E-state index contributed by atoms with van der Waals surface area (Å²) in [5.74, 6) is 1.01. The molecule has 0 saturated carbocycles. The van der Waals surface area contributed by atoms with Crippen molar-refractivity contribution in [2.45, 2.75) is 32.6 Å². The number of carbonyl (C=O) groups excluding carboxylic acids is 1. The first-order valence-corrected chi connectivity index (χ1v) is 11.2. The predicted molar refractivity (Wildman–Crippen MR) is 129 cm³/mol. The van der Waals surface area contributed by atoms with Gasteiger partial charge in [-0.05, 0) is 41.8 Å². The molecule has 2 aromatic heterocycles. The standard InChI is InChI=1S/C27H28N4O3/c1-20(23-10-4-3-5-11-23)31(17-21-8-6-12-24(14-21)33-2)18-26-30-25(19-34-26)27(32)29-16-22-9-7-13-28-15-22/h3-15,19-20H,16-18H2,1-2H3,(H,29,32)/t20-/m0/s1. The molecular formula is C27H28N4O3. The smallest absolute Gasteiger partial charge is 0.273 e. The normalized spacial score (nSPS) is 11.9. The number of ether oxygens (including phenoxy) is 1. The van der Waals surface area contributed by atoms with Crippen LogP contribution in [0.25, 0.3) is 0 Å². The number of amides is 1. The summed E-state index contributed by atoms with van der Waals surface area (Å²) >= 11 is 0. The molecule has 7 heteroatoms.